The molecule has 0 aliphatic carbocycles. The highest BCUT2D eigenvalue weighted by atomic mass is 32.1. The van der Waals surface area contributed by atoms with Crippen LogP contribution in [0.1, 0.15) is 30.5 Å². The van der Waals surface area contributed by atoms with E-state index in [9.17, 15) is 0 Å². The van der Waals surface area contributed by atoms with Gasteiger partial charge in [0.25, 0.3) is 0 Å². The van der Waals surface area contributed by atoms with Crippen LogP contribution in [-0.2, 0) is 6.54 Å². The van der Waals surface area contributed by atoms with Crippen LogP contribution < -0.4 is 10.6 Å². The first-order valence-electron chi connectivity index (χ1n) is 6.29. The molecule has 3 heteroatoms. The van der Waals surface area contributed by atoms with Gasteiger partial charge in [-0.1, -0.05) is 25.1 Å². The molecule has 0 radical (unpaired) electrons. The molecule has 2 rings (SSSR count). The van der Waals surface area contributed by atoms with Gasteiger partial charge in [-0.15, -0.1) is 0 Å². The van der Waals surface area contributed by atoms with Crippen molar-refractivity contribution in [2.75, 3.05) is 11.9 Å². The van der Waals surface area contributed by atoms with Gasteiger partial charge in [-0.25, -0.2) is 0 Å². The number of nitrogens with zero attached hydrogens (tertiary/aromatic N) is 1. The highest BCUT2D eigenvalue weighted by Gasteiger charge is 2.12. The van der Waals surface area contributed by atoms with Crippen molar-refractivity contribution in [3.05, 3.63) is 52.2 Å². The summed E-state index contributed by atoms with van der Waals surface area (Å²) in [4.78, 5) is 2.27. The van der Waals surface area contributed by atoms with Crippen LogP contribution in [0.25, 0.3) is 0 Å². The van der Waals surface area contributed by atoms with Gasteiger partial charge in [0, 0.05) is 25.3 Å². The molecule has 0 saturated carbocycles. The zero-order valence-electron chi connectivity index (χ0n) is 11.0. The van der Waals surface area contributed by atoms with Crippen molar-refractivity contribution in [1.29, 1.82) is 0 Å². The fourth-order valence-electron chi connectivity index (χ4n) is 2.11. The third kappa shape index (κ3) is 2.92. The Morgan fingerprint density at radius 2 is 2.06 bits per heavy atom. The van der Waals surface area contributed by atoms with Crippen LogP contribution in [0.15, 0.2) is 41.1 Å². The maximum atomic E-state index is 6.18. The quantitative estimate of drug-likeness (QED) is 0.886. The van der Waals surface area contributed by atoms with Crippen LogP contribution in [0, 0.1) is 0 Å². The van der Waals surface area contributed by atoms with Gasteiger partial charge in [-0.05, 0) is 40.4 Å². The average molecular weight is 260 g/mol. The number of anilines is 1. The molecule has 0 aliphatic rings. The molecule has 0 aliphatic heterocycles. The van der Waals surface area contributed by atoms with E-state index >= 15 is 0 Å². The molecule has 0 fully saturated rings. The van der Waals surface area contributed by atoms with E-state index in [1.165, 1.54) is 16.8 Å². The van der Waals surface area contributed by atoms with Crippen molar-refractivity contribution >= 4 is 17.0 Å². The van der Waals surface area contributed by atoms with E-state index in [2.05, 4.69) is 60.0 Å². The molecule has 0 spiro atoms. The third-order valence-electron chi connectivity index (χ3n) is 3.19. The standard InChI is InChI=1S/C15H20N2S/c1-3-14(16)13-6-4-5-7-15(13)17(2)10-12-8-9-18-11-12/h4-9,11,14H,3,10,16H2,1-2H3. The maximum Gasteiger partial charge on any atom is 0.0434 e. The summed E-state index contributed by atoms with van der Waals surface area (Å²) in [5.41, 5.74) is 10.00. The van der Waals surface area contributed by atoms with E-state index < -0.39 is 0 Å². The number of nitrogens with two attached hydrogens (primary N) is 1. The lowest BCUT2D eigenvalue weighted by Gasteiger charge is -2.24. The zero-order valence-corrected chi connectivity index (χ0v) is 11.8. The molecule has 1 atom stereocenters. The fourth-order valence-corrected chi connectivity index (χ4v) is 2.77. The Bertz CT molecular complexity index is 479. The molecule has 18 heavy (non-hydrogen) atoms. The first-order valence-corrected chi connectivity index (χ1v) is 7.23. The van der Waals surface area contributed by atoms with Gasteiger partial charge in [-0.3, -0.25) is 0 Å². The summed E-state index contributed by atoms with van der Waals surface area (Å²) in [6, 6.07) is 10.7. The van der Waals surface area contributed by atoms with Crippen molar-refractivity contribution in [1.82, 2.24) is 0 Å². The van der Waals surface area contributed by atoms with Gasteiger partial charge in [0.2, 0.25) is 0 Å². The molecule has 0 saturated heterocycles. The summed E-state index contributed by atoms with van der Waals surface area (Å²) >= 11 is 1.74. The second-order valence-corrected chi connectivity index (χ2v) is 5.34. The predicted octanol–water partition coefficient (Wildman–Crippen LogP) is 3.79. The molecule has 1 heterocycles. The highest BCUT2D eigenvalue weighted by Crippen LogP contribution is 2.27. The Morgan fingerprint density at radius 1 is 1.28 bits per heavy atom. The van der Waals surface area contributed by atoms with Crippen molar-refractivity contribution in [2.24, 2.45) is 5.73 Å². The second kappa shape index (κ2) is 6.03. The first kappa shape index (κ1) is 13.1. The second-order valence-electron chi connectivity index (χ2n) is 4.56. The number of hydrogen-bond acceptors (Lipinski definition) is 3. The summed E-state index contributed by atoms with van der Waals surface area (Å²) in [5.74, 6) is 0. The Hall–Kier alpha value is -1.32. The minimum Gasteiger partial charge on any atom is -0.370 e. The fraction of sp³-hybridized carbons (Fsp3) is 0.333. The number of benzene rings is 1. The topological polar surface area (TPSA) is 29.3 Å². The van der Waals surface area contributed by atoms with E-state index in [0.29, 0.717) is 0 Å². The normalized spacial score (nSPS) is 12.4. The van der Waals surface area contributed by atoms with Gasteiger partial charge in [0.05, 0.1) is 0 Å². The summed E-state index contributed by atoms with van der Waals surface area (Å²) in [5, 5.41) is 4.31. The van der Waals surface area contributed by atoms with Crippen LogP contribution >= 0.6 is 11.3 Å². The average Bonchev–Trinajstić information content (AvgIpc) is 2.90. The maximum absolute atomic E-state index is 6.18. The SMILES string of the molecule is CCC(N)c1ccccc1N(C)Cc1ccsc1. The van der Waals surface area contributed by atoms with Gasteiger partial charge in [0.15, 0.2) is 0 Å². The molecule has 2 aromatic rings. The predicted molar refractivity (Wildman–Crippen MR) is 80.1 cm³/mol. The van der Waals surface area contributed by atoms with E-state index in [1.54, 1.807) is 11.3 Å². The number of rotatable bonds is 5. The monoisotopic (exact) mass is 260 g/mol. The van der Waals surface area contributed by atoms with Crippen molar-refractivity contribution < 1.29 is 0 Å². The molecule has 96 valence electrons. The number of para-hydroxylation sites is 1. The van der Waals surface area contributed by atoms with Crippen LogP contribution in [0.5, 0.6) is 0 Å². The number of thiophene rings is 1. The van der Waals surface area contributed by atoms with Crippen LogP contribution in [0.4, 0.5) is 5.69 Å². The number of hydrogen-bond donors (Lipinski definition) is 1. The zero-order chi connectivity index (χ0) is 13.0. The Kier molecular flexibility index (Phi) is 4.39. The lowest BCUT2D eigenvalue weighted by atomic mass is 10.0. The highest BCUT2D eigenvalue weighted by molar-refractivity contribution is 7.07. The summed E-state index contributed by atoms with van der Waals surface area (Å²) < 4.78 is 0. The first-order chi connectivity index (χ1) is 8.72. The lowest BCUT2D eigenvalue weighted by molar-refractivity contribution is 0.694. The van der Waals surface area contributed by atoms with Crippen molar-refractivity contribution in [3.8, 4) is 0 Å². The molecule has 0 bridgehead atoms. The largest absolute Gasteiger partial charge is 0.370 e. The Balaban J connectivity index is 2.21. The van der Waals surface area contributed by atoms with E-state index in [0.717, 1.165) is 13.0 Å². The Morgan fingerprint density at radius 3 is 2.72 bits per heavy atom. The van der Waals surface area contributed by atoms with Gasteiger partial charge >= 0.3 is 0 Å². The smallest absolute Gasteiger partial charge is 0.0434 e. The summed E-state index contributed by atoms with van der Waals surface area (Å²) in [6.07, 6.45) is 0.962. The van der Waals surface area contributed by atoms with Gasteiger partial charge in [-0.2, -0.15) is 11.3 Å². The minimum absolute atomic E-state index is 0.117. The Labute approximate surface area is 113 Å². The van der Waals surface area contributed by atoms with E-state index in [-0.39, 0.29) is 6.04 Å². The van der Waals surface area contributed by atoms with Crippen molar-refractivity contribution in [2.45, 2.75) is 25.9 Å². The van der Waals surface area contributed by atoms with Gasteiger partial charge < -0.3 is 10.6 Å². The molecule has 1 unspecified atom stereocenters. The lowest BCUT2D eigenvalue weighted by Crippen LogP contribution is -2.20. The molecule has 2 N–H and O–H groups in total. The molecular formula is C15H20N2S. The third-order valence-corrected chi connectivity index (χ3v) is 3.92. The van der Waals surface area contributed by atoms with E-state index in [4.69, 9.17) is 5.73 Å². The molecule has 0 amide bonds. The molecule has 2 nitrogen and oxygen atoms in total. The molecule has 1 aromatic heterocycles. The summed E-state index contributed by atoms with van der Waals surface area (Å²) in [7, 11) is 2.12. The minimum atomic E-state index is 0.117. The van der Waals surface area contributed by atoms with Crippen molar-refractivity contribution in [3.63, 3.8) is 0 Å². The van der Waals surface area contributed by atoms with Gasteiger partial charge in [0.1, 0.15) is 0 Å². The summed E-state index contributed by atoms with van der Waals surface area (Å²) in [6.45, 7) is 3.05. The van der Waals surface area contributed by atoms with Crippen LogP contribution in [-0.4, -0.2) is 7.05 Å². The van der Waals surface area contributed by atoms with E-state index in [1.807, 2.05) is 0 Å². The van der Waals surface area contributed by atoms with Crippen LogP contribution in [0.3, 0.4) is 0 Å². The molecule has 1 aromatic carbocycles. The van der Waals surface area contributed by atoms with Crippen LogP contribution in [0.2, 0.25) is 0 Å². The molecular weight excluding hydrogens is 240 g/mol.